The lowest BCUT2D eigenvalue weighted by atomic mass is 9.92. The summed E-state index contributed by atoms with van der Waals surface area (Å²) >= 11 is 0. The van der Waals surface area contributed by atoms with E-state index in [1.165, 1.54) is 11.9 Å². The lowest BCUT2D eigenvalue weighted by Gasteiger charge is -2.26. The van der Waals surface area contributed by atoms with Gasteiger partial charge in [0.25, 0.3) is 5.56 Å². The number of nitrogens with one attached hydrogen (secondary N) is 2. The summed E-state index contributed by atoms with van der Waals surface area (Å²) in [5, 5.41) is 22.5. The van der Waals surface area contributed by atoms with Crippen molar-refractivity contribution >= 4 is 0 Å². The van der Waals surface area contributed by atoms with E-state index < -0.39 is 5.56 Å². The Morgan fingerprint density at radius 3 is 2.42 bits per heavy atom. The second kappa shape index (κ2) is 13.6. The molecular weight excluding hydrogens is 478 g/mol. The standard InChI is InChI=1S/C30H33N5O3/c1-22(12-13-31)32-19-27(18-28-29(36)30(37)34-21-33-28)26-10-8-24(9-11-26)3-2-23-4-6-25(7-5-23)20-35-14-16-38-17-15-35/h4-11,21-22,27,32,36H,12,14-20H2,1H3,(H,33,34,37)/t22-,27-/m0/s1. The minimum absolute atomic E-state index is 0.0219. The molecule has 38 heavy (non-hydrogen) atoms. The van der Waals surface area contributed by atoms with E-state index in [4.69, 9.17) is 10.00 Å². The van der Waals surface area contributed by atoms with Gasteiger partial charge >= 0.3 is 0 Å². The SMILES string of the molecule is C[C@@H](CC#N)NC[C@H](Cc1nc[nH]c(=O)c1O)c1ccc(C#Cc2ccc(CN3CCOCC3)cc2)cc1. The summed E-state index contributed by atoms with van der Waals surface area (Å²) in [4.78, 5) is 20.8. The average molecular weight is 512 g/mol. The lowest BCUT2D eigenvalue weighted by molar-refractivity contribution is 0.0342. The second-order valence-electron chi connectivity index (χ2n) is 9.56. The molecule has 2 aromatic carbocycles. The van der Waals surface area contributed by atoms with Crippen molar-refractivity contribution in [2.45, 2.75) is 38.3 Å². The Bertz CT molecular complexity index is 1340. The number of aromatic amines is 1. The number of aromatic hydroxyl groups is 1. The monoisotopic (exact) mass is 511 g/mol. The first-order chi connectivity index (χ1) is 18.5. The third-order valence-electron chi connectivity index (χ3n) is 6.65. The van der Waals surface area contributed by atoms with E-state index in [1.54, 1.807) is 0 Å². The third-order valence-corrected chi connectivity index (χ3v) is 6.65. The Morgan fingerprint density at radius 1 is 1.11 bits per heavy atom. The van der Waals surface area contributed by atoms with Gasteiger partial charge in [-0.1, -0.05) is 36.1 Å². The maximum Gasteiger partial charge on any atom is 0.293 e. The molecule has 3 N–H and O–H groups in total. The van der Waals surface area contributed by atoms with Crippen LogP contribution in [0.4, 0.5) is 0 Å². The topological polar surface area (TPSA) is 114 Å². The van der Waals surface area contributed by atoms with Crippen LogP contribution in [0.25, 0.3) is 0 Å². The van der Waals surface area contributed by atoms with Crippen molar-refractivity contribution in [3.8, 4) is 23.7 Å². The van der Waals surface area contributed by atoms with Crippen LogP contribution in [0.1, 0.15) is 47.2 Å². The summed E-state index contributed by atoms with van der Waals surface area (Å²) in [6, 6.07) is 18.6. The summed E-state index contributed by atoms with van der Waals surface area (Å²) < 4.78 is 5.42. The second-order valence-corrected chi connectivity index (χ2v) is 9.56. The van der Waals surface area contributed by atoms with Crippen LogP contribution in [0.5, 0.6) is 5.75 Å². The molecule has 4 rings (SSSR count). The van der Waals surface area contributed by atoms with Gasteiger partial charge in [-0.15, -0.1) is 0 Å². The highest BCUT2D eigenvalue weighted by Crippen LogP contribution is 2.23. The molecule has 2 atom stereocenters. The lowest BCUT2D eigenvalue weighted by Crippen LogP contribution is -2.35. The molecule has 8 nitrogen and oxygen atoms in total. The molecule has 0 unspecified atom stereocenters. The molecule has 0 spiro atoms. The van der Waals surface area contributed by atoms with E-state index >= 15 is 0 Å². The van der Waals surface area contributed by atoms with Gasteiger partial charge in [0.15, 0.2) is 0 Å². The molecule has 0 amide bonds. The van der Waals surface area contributed by atoms with E-state index in [0.29, 0.717) is 25.1 Å². The number of nitriles is 1. The van der Waals surface area contributed by atoms with Crippen LogP contribution < -0.4 is 10.9 Å². The van der Waals surface area contributed by atoms with Gasteiger partial charge in [-0.2, -0.15) is 5.26 Å². The molecule has 1 saturated heterocycles. The summed E-state index contributed by atoms with van der Waals surface area (Å²) in [5.41, 5.74) is 3.94. The van der Waals surface area contributed by atoms with Crippen molar-refractivity contribution in [2.24, 2.45) is 0 Å². The number of H-pyrrole nitrogens is 1. The van der Waals surface area contributed by atoms with Crippen LogP contribution in [0, 0.1) is 23.2 Å². The highest BCUT2D eigenvalue weighted by molar-refractivity contribution is 5.44. The van der Waals surface area contributed by atoms with Crippen molar-refractivity contribution in [3.05, 3.63) is 93.2 Å². The number of rotatable bonds is 9. The number of hydrogen-bond acceptors (Lipinski definition) is 7. The summed E-state index contributed by atoms with van der Waals surface area (Å²) in [7, 11) is 0. The van der Waals surface area contributed by atoms with E-state index in [2.05, 4.69) is 62.4 Å². The van der Waals surface area contributed by atoms with Gasteiger partial charge in [0.1, 0.15) is 0 Å². The number of morpholine rings is 1. The first-order valence-corrected chi connectivity index (χ1v) is 12.9. The molecule has 196 valence electrons. The fraction of sp³-hybridized carbons (Fsp3) is 0.367. The van der Waals surface area contributed by atoms with E-state index in [1.807, 2.05) is 31.2 Å². The number of benzene rings is 2. The number of hydrogen-bond donors (Lipinski definition) is 3. The Labute approximate surface area is 223 Å². The van der Waals surface area contributed by atoms with Gasteiger partial charge in [0.2, 0.25) is 5.75 Å². The predicted octanol–water partition coefficient (Wildman–Crippen LogP) is 2.93. The summed E-state index contributed by atoms with van der Waals surface area (Å²) in [6.07, 6.45) is 2.07. The molecule has 2 heterocycles. The molecule has 0 bridgehead atoms. The highest BCUT2D eigenvalue weighted by Gasteiger charge is 2.18. The van der Waals surface area contributed by atoms with E-state index in [-0.39, 0.29) is 17.7 Å². The minimum Gasteiger partial charge on any atom is -0.502 e. The first kappa shape index (κ1) is 27.1. The number of aromatic nitrogens is 2. The molecule has 0 radical (unpaired) electrons. The van der Waals surface area contributed by atoms with Gasteiger partial charge in [0.05, 0.1) is 37.7 Å². The molecule has 8 heteroatoms. The molecule has 1 fully saturated rings. The minimum atomic E-state index is -0.556. The van der Waals surface area contributed by atoms with Crippen molar-refractivity contribution < 1.29 is 9.84 Å². The zero-order valence-electron chi connectivity index (χ0n) is 21.6. The van der Waals surface area contributed by atoms with Crippen LogP contribution in [0.3, 0.4) is 0 Å². The van der Waals surface area contributed by atoms with Crippen LogP contribution in [0.15, 0.2) is 59.7 Å². The van der Waals surface area contributed by atoms with Gasteiger partial charge in [-0.05, 0) is 42.3 Å². The molecule has 0 aliphatic carbocycles. The number of ether oxygens (including phenoxy) is 1. The van der Waals surface area contributed by atoms with E-state index in [9.17, 15) is 9.90 Å². The largest absolute Gasteiger partial charge is 0.502 e. The van der Waals surface area contributed by atoms with Crippen LogP contribution in [-0.4, -0.2) is 58.9 Å². The fourth-order valence-corrected chi connectivity index (χ4v) is 4.37. The molecular formula is C30H33N5O3. The smallest absolute Gasteiger partial charge is 0.293 e. The van der Waals surface area contributed by atoms with Crippen LogP contribution in [0.2, 0.25) is 0 Å². The maximum atomic E-state index is 11.8. The Kier molecular flexibility index (Phi) is 9.66. The first-order valence-electron chi connectivity index (χ1n) is 12.9. The van der Waals surface area contributed by atoms with Crippen LogP contribution in [-0.2, 0) is 17.7 Å². The number of nitrogens with zero attached hydrogens (tertiary/aromatic N) is 3. The van der Waals surface area contributed by atoms with Crippen LogP contribution >= 0.6 is 0 Å². The molecule has 0 saturated carbocycles. The summed E-state index contributed by atoms with van der Waals surface area (Å²) in [5.74, 6) is 6.06. The Balaban J connectivity index is 1.43. The van der Waals surface area contributed by atoms with E-state index in [0.717, 1.165) is 49.5 Å². The molecule has 3 aromatic rings. The third kappa shape index (κ3) is 7.77. The Hall–Kier alpha value is -3.95. The van der Waals surface area contributed by atoms with Crippen molar-refractivity contribution in [1.82, 2.24) is 20.2 Å². The van der Waals surface area contributed by atoms with Crippen molar-refractivity contribution in [2.75, 3.05) is 32.8 Å². The van der Waals surface area contributed by atoms with Crippen molar-refractivity contribution in [1.29, 1.82) is 5.26 Å². The van der Waals surface area contributed by atoms with Gasteiger partial charge in [-0.3, -0.25) is 9.69 Å². The summed E-state index contributed by atoms with van der Waals surface area (Å²) in [6.45, 7) is 6.98. The maximum absolute atomic E-state index is 11.8. The van der Waals surface area contributed by atoms with Gasteiger partial charge in [0, 0.05) is 55.7 Å². The molecule has 1 aliphatic rings. The quantitative estimate of drug-likeness (QED) is 0.379. The molecule has 1 aromatic heterocycles. The highest BCUT2D eigenvalue weighted by atomic mass is 16.5. The normalized spacial score (nSPS) is 15.2. The van der Waals surface area contributed by atoms with Gasteiger partial charge in [-0.25, -0.2) is 4.98 Å². The zero-order valence-corrected chi connectivity index (χ0v) is 21.6. The fourth-order valence-electron chi connectivity index (χ4n) is 4.37. The Morgan fingerprint density at radius 2 is 1.76 bits per heavy atom. The zero-order chi connectivity index (χ0) is 26.7. The van der Waals surface area contributed by atoms with Crippen molar-refractivity contribution in [3.63, 3.8) is 0 Å². The van der Waals surface area contributed by atoms with Gasteiger partial charge < -0.3 is 20.1 Å². The molecule has 1 aliphatic heterocycles. The average Bonchev–Trinajstić information content (AvgIpc) is 2.94. The predicted molar refractivity (Wildman–Crippen MR) is 146 cm³/mol.